The van der Waals surface area contributed by atoms with Gasteiger partial charge in [0.25, 0.3) is 11.7 Å². The number of piperazine rings is 1. The Hall–Kier alpha value is -3.16. The van der Waals surface area contributed by atoms with E-state index in [0.29, 0.717) is 30.3 Å². The number of ketones is 1. The van der Waals surface area contributed by atoms with Crippen molar-refractivity contribution in [1.29, 1.82) is 0 Å². The lowest BCUT2D eigenvalue weighted by molar-refractivity contribution is -0.140. The minimum absolute atomic E-state index is 0.0271. The maximum absolute atomic E-state index is 13.3. The summed E-state index contributed by atoms with van der Waals surface area (Å²) in [4.78, 5) is 30.4. The topological polar surface area (TPSA) is 82.1 Å². The number of carbonyl (C=O) groups is 2. The minimum Gasteiger partial charge on any atom is -0.507 e. The van der Waals surface area contributed by atoms with Gasteiger partial charge in [-0.3, -0.25) is 14.5 Å². The molecular weight excluding hydrogens is 454 g/mol. The van der Waals surface area contributed by atoms with E-state index >= 15 is 0 Å². The Balaban J connectivity index is 1.70. The molecule has 1 amide bonds. The van der Waals surface area contributed by atoms with Crippen molar-refractivity contribution in [3.8, 4) is 5.75 Å². The van der Waals surface area contributed by atoms with Crippen molar-refractivity contribution in [2.24, 2.45) is 0 Å². The molecule has 2 aliphatic heterocycles. The van der Waals surface area contributed by atoms with Crippen molar-refractivity contribution in [3.63, 3.8) is 0 Å². The number of aliphatic hydroxyl groups excluding tert-OH is 1. The van der Waals surface area contributed by atoms with Gasteiger partial charge in [-0.25, -0.2) is 0 Å². The molecular formula is C29H37N3O4. The fourth-order valence-corrected chi connectivity index (χ4v) is 4.82. The van der Waals surface area contributed by atoms with Gasteiger partial charge in [-0.15, -0.1) is 0 Å². The zero-order valence-corrected chi connectivity index (χ0v) is 21.7. The van der Waals surface area contributed by atoms with Gasteiger partial charge in [0, 0.05) is 44.8 Å². The van der Waals surface area contributed by atoms with E-state index in [-0.39, 0.29) is 17.4 Å². The summed E-state index contributed by atoms with van der Waals surface area (Å²) in [5.41, 5.74) is 2.61. The van der Waals surface area contributed by atoms with E-state index < -0.39 is 17.7 Å². The first-order valence-corrected chi connectivity index (χ1v) is 12.8. The molecule has 7 nitrogen and oxygen atoms in total. The maximum atomic E-state index is 13.3. The number of nitrogens with zero attached hydrogens (tertiary/aromatic N) is 2. The SMILES string of the molecule is CC(C)Oc1ccc(/C(O)=C2\C(=O)C(=O)N(CCN3CCNCC3)C2c2ccc(C(C)C)cc2)cc1. The third-order valence-corrected chi connectivity index (χ3v) is 6.83. The Kier molecular flexibility index (Phi) is 8.11. The fraction of sp³-hybridized carbons (Fsp3) is 0.448. The van der Waals surface area contributed by atoms with Gasteiger partial charge in [-0.2, -0.15) is 0 Å². The Bertz CT molecular complexity index is 1100. The van der Waals surface area contributed by atoms with Crippen LogP contribution in [0.15, 0.2) is 54.1 Å². The standard InChI is InChI=1S/C29H37N3O4/c1-19(2)21-5-7-22(8-6-21)26-25(27(33)23-9-11-24(12-10-23)36-20(3)4)28(34)29(35)32(26)18-17-31-15-13-30-14-16-31/h5-12,19-20,26,30,33H,13-18H2,1-4H3/b27-25+. The van der Waals surface area contributed by atoms with Crippen molar-refractivity contribution in [3.05, 3.63) is 70.8 Å². The lowest BCUT2D eigenvalue weighted by Crippen LogP contribution is -2.46. The van der Waals surface area contributed by atoms with Crippen molar-refractivity contribution < 1.29 is 19.4 Å². The third-order valence-electron chi connectivity index (χ3n) is 6.83. The number of hydrogen-bond acceptors (Lipinski definition) is 6. The second-order valence-electron chi connectivity index (χ2n) is 10.1. The van der Waals surface area contributed by atoms with Crippen LogP contribution in [0, 0.1) is 0 Å². The molecule has 0 spiro atoms. The monoisotopic (exact) mass is 491 g/mol. The number of ether oxygens (including phenoxy) is 1. The minimum atomic E-state index is -0.645. The van der Waals surface area contributed by atoms with Crippen LogP contribution >= 0.6 is 0 Å². The average Bonchev–Trinajstić information content (AvgIpc) is 3.12. The van der Waals surface area contributed by atoms with Gasteiger partial charge in [-0.1, -0.05) is 38.1 Å². The number of nitrogens with one attached hydrogen (secondary N) is 1. The van der Waals surface area contributed by atoms with Crippen LogP contribution < -0.4 is 10.1 Å². The molecule has 2 saturated heterocycles. The molecule has 0 radical (unpaired) electrons. The predicted molar refractivity (Wildman–Crippen MR) is 141 cm³/mol. The smallest absolute Gasteiger partial charge is 0.295 e. The first kappa shape index (κ1) is 25.9. The first-order valence-electron chi connectivity index (χ1n) is 12.8. The number of rotatable bonds is 8. The predicted octanol–water partition coefficient (Wildman–Crippen LogP) is 3.92. The summed E-state index contributed by atoms with van der Waals surface area (Å²) in [5.74, 6) is -0.326. The van der Waals surface area contributed by atoms with Gasteiger partial charge in [0.2, 0.25) is 0 Å². The van der Waals surface area contributed by atoms with Gasteiger partial charge in [0.1, 0.15) is 11.5 Å². The molecule has 2 aliphatic rings. The summed E-state index contributed by atoms with van der Waals surface area (Å²) >= 11 is 0. The Morgan fingerprint density at radius 1 is 0.972 bits per heavy atom. The summed E-state index contributed by atoms with van der Waals surface area (Å²) < 4.78 is 5.70. The lowest BCUT2D eigenvalue weighted by atomic mass is 9.93. The van der Waals surface area contributed by atoms with Crippen LogP contribution in [0.4, 0.5) is 0 Å². The molecule has 2 N–H and O–H groups in total. The molecule has 2 heterocycles. The summed E-state index contributed by atoms with van der Waals surface area (Å²) in [6, 6.07) is 14.3. The maximum Gasteiger partial charge on any atom is 0.295 e. The summed E-state index contributed by atoms with van der Waals surface area (Å²) in [5, 5.41) is 14.6. The van der Waals surface area contributed by atoms with E-state index in [2.05, 4.69) is 24.1 Å². The number of benzene rings is 2. The van der Waals surface area contributed by atoms with Crippen molar-refractivity contribution in [1.82, 2.24) is 15.1 Å². The van der Waals surface area contributed by atoms with Gasteiger partial charge in [-0.05, 0) is 55.2 Å². The van der Waals surface area contributed by atoms with E-state index in [1.165, 1.54) is 5.56 Å². The molecule has 2 aromatic carbocycles. The second-order valence-corrected chi connectivity index (χ2v) is 10.1. The lowest BCUT2D eigenvalue weighted by Gasteiger charge is -2.31. The van der Waals surface area contributed by atoms with Crippen LogP contribution in [0.5, 0.6) is 5.75 Å². The highest BCUT2D eigenvalue weighted by Crippen LogP contribution is 2.39. The molecule has 1 atom stereocenters. The van der Waals surface area contributed by atoms with Gasteiger partial charge in [0.05, 0.1) is 17.7 Å². The number of aliphatic hydroxyl groups is 1. The second kappa shape index (κ2) is 11.3. The van der Waals surface area contributed by atoms with Crippen LogP contribution in [0.2, 0.25) is 0 Å². The average molecular weight is 492 g/mol. The zero-order chi connectivity index (χ0) is 25.8. The zero-order valence-electron chi connectivity index (χ0n) is 21.7. The molecule has 0 saturated carbocycles. The molecule has 2 aromatic rings. The van der Waals surface area contributed by atoms with Crippen LogP contribution in [0.3, 0.4) is 0 Å². The molecule has 7 heteroatoms. The molecule has 0 aliphatic carbocycles. The first-order chi connectivity index (χ1) is 17.3. The number of Topliss-reactive ketones (excluding diaryl/α,β-unsaturated/α-hetero) is 1. The highest BCUT2D eigenvalue weighted by atomic mass is 16.5. The summed E-state index contributed by atoms with van der Waals surface area (Å²) in [7, 11) is 0. The Morgan fingerprint density at radius 3 is 2.19 bits per heavy atom. The normalized spacial score (nSPS) is 20.5. The molecule has 2 fully saturated rings. The van der Waals surface area contributed by atoms with Crippen molar-refractivity contribution in [2.75, 3.05) is 39.3 Å². The Morgan fingerprint density at radius 2 is 1.61 bits per heavy atom. The van der Waals surface area contributed by atoms with Crippen LogP contribution in [0.1, 0.15) is 56.3 Å². The van der Waals surface area contributed by atoms with Crippen molar-refractivity contribution in [2.45, 2.75) is 45.8 Å². The number of likely N-dealkylation sites (tertiary alicyclic amines) is 1. The van der Waals surface area contributed by atoms with Crippen LogP contribution in [0.25, 0.3) is 5.76 Å². The number of hydrogen-bond donors (Lipinski definition) is 2. The molecule has 4 rings (SSSR count). The number of carbonyl (C=O) groups excluding carboxylic acids is 2. The molecule has 0 aromatic heterocycles. The molecule has 1 unspecified atom stereocenters. The summed E-state index contributed by atoms with van der Waals surface area (Å²) in [6.07, 6.45) is 0.0271. The van der Waals surface area contributed by atoms with E-state index in [1.807, 2.05) is 38.1 Å². The van der Waals surface area contributed by atoms with Gasteiger partial charge >= 0.3 is 0 Å². The van der Waals surface area contributed by atoms with E-state index in [9.17, 15) is 14.7 Å². The highest BCUT2D eigenvalue weighted by molar-refractivity contribution is 6.46. The van der Waals surface area contributed by atoms with Crippen LogP contribution in [-0.4, -0.2) is 72.0 Å². The highest BCUT2D eigenvalue weighted by Gasteiger charge is 2.46. The quantitative estimate of drug-likeness (QED) is 0.331. The fourth-order valence-electron chi connectivity index (χ4n) is 4.82. The van der Waals surface area contributed by atoms with Crippen molar-refractivity contribution >= 4 is 17.4 Å². The summed E-state index contributed by atoms with van der Waals surface area (Å²) in [6.45, 7) is 12.9. The third kappa shape index (κ3) is 5.63. The molecule has 36 heavy (non-hydrogen) atoms. The van der Waals surface area contributed by atoms with E-state index in [0.717, 1.165) is 31.7 Å². The Labute approximate surface area is 213 Å². The van der Waals surface area contributed by atoms with Gasteiger partial charge in [0.15, 0.2) is 0 Å². The van der Waals surface area contributed by atoms with Crippen LogP contribution in [-0.2, 0) is 9.59 Å². The van der Waals surface area contributed by atoms with E-state index in [1.54, 1.807) is 29.2 Å². The molecule has 192 valence electrons. The number of amides is 1. The van der Waals surface area contributed by atoms with E-state index in [4.69, 9.17) is 4.74 Å². The molecule has 0 bridgehead atoms. The largest absolute Gasteiger partial charge is 0.507 e. The van der Waals surface area contributed by atoms with Gasteiger partial charge < -0.3 is 20.1 Å².